The average Bonchev–Trinajstić information content (AvgIpc) is 2.64. The van der Waals surface area contributed by atoms with E-state index in [2.05, 4.69) is 5.32 Å². The molecule has 0 fully saturated rings. The molecule has 0 bridgehead atoms. The number of carboxylic acid groups (broad SMARTS) is 1. The minimum Gasteiger partial charge on any atom is -0.480 e. The first-order valence-corrected chi connectivity index (χ1v) is 6.37. The number of nitrogens with one attached hydrogen (secondary N) is 1. The number of aliphatic carboxylic acids is 1. The van der Waals surface area contributed by atoms with Gasteiger partial charge in [-0.15, -0.1) is 11.3 Å². The zero-order valence-electron chi connectivity index (χ0n) is 10.6. The van der Waals surface area contributed by atoms with E-state index in [4.69, 9.17) is 9.84 Å². The molecule has 18 heavy (non-hydrogen) atoms. The number of carbonyl (C=O) groups is 2. The lowest BCUT2D eigenvalue weighted by atomic mass is 10.2. The minimum atomic E-state index is -1.05. The fourth-order valence-electron chi connectivity index (χ4n) is 1.41. The van der Waals surface area contributed by atoms with Crippen LogP contribution < -0.4 is 5.32 Å². The van der Waals surface area contributed by atoms with Crippen molar-refractivity contribution >= 4 is 23.2 Å². The zero-order chi connectivity index (χ0) is 13.7. The van der Waals surface area contributed by atoms with Gasteiger partial charge in [-0.25, -0.2) is 4.79 Å². The van der Waals surface area contributed by atoms with Gasteiger partial charge in [0.25, 0.3) is 5.91 Å². The van der Waals surface area contributed by atoms with Crippen molar-refractivity contribution in [1.29, 1.82) is 0 Å². The second-order valence-corrected chi connectivity index (χ2v) is 5.25. The van der Waals surface area contributed by atoms with Crippen LogP contribution in [0.25, 0.3) is 0 Å². The van der Waals surface area contributed by atoms with Crippen molar-refractivity contribution in [3.8, 4) is 0 Å². The summed E-state index contributed by atoms with van der Waals surface area (Å²) in [5, 5.41) is 11.5. The molecule has 6 heteroatoms. The molecule has 1 heterocycles. The Morgan fingerprint density at radius 2 is 2.17 bits per heavy atom. The highest BCUT2D eigenvalue weighted by molar-refractivity contribution is 7.14. The van der Waals surface area contributed by atoms with Gasteiger partial charge in [-0.05, 0) is 25.5 Å². The van der Waals surface area contributed by atoms with Crippen LogP contribution >= 0.6 is 11.3 Å². The lowest BCUT2D eigenvalue weighted by Crippen LogP contribution is -2.41. The van der Waals surface area contributed by atoms with E-state index in [-0.39, 0.29) is 12.3 Å². The molecule has 5 nitrogen and oxygen atoms in total. The smallest absolute Gasteiger partial charge is 0.326 e. The number of carboxylic acids is 1. The molecule has 100 valence electrons. The number of amides is 1. The largest absolute Gasteiger partial charge is 0.480 e. The summed E-state index contributed by atoms with van der Waals surface area (Å²) in [6.45, 7) is 4.14. The van der Waals surface area contributed by atoms with Gasteiger partial charge in [-0.2, -0.15) is 0 Å². The van der Waals surface area contributed by atoms with Crippen LogP contribution in [0, 0.1) is 13.8 Å². The van der Waals surface area contributed by atoms with Crippen molar-refractivity contribution in [2.45, 2.75) is 26.3 Å². The predicted octanol–water partition coefficient (Wildman–Crippen LogP) is 1.58. The Balaban J connectivity index is 2.69. The van der Waals surface area contributed by atoms with E-state index < -0.39 is 12.0 Å². The van der Waals surface area contributed by atoms with Gasteiger partial charge < -0.3 is 15.2 Å². The fraction of sp³-hybridized carbons (Fsp3) is 0.500. The summed E-state index contributed by atoms with van der Waals surface area (Å²) in [6.07, 6.45) is 0.251. The number of hydrogen-bond donors (Lipinski definition) is 2. The van der Waals surface area contributed by atoms with Gasteiger partial charge in [-0.3, -0.25) is 4.79 Å². The van der Waals surface area contributed by atoms with Crippen LogP contribution in [-0.2, 0) is 9.53 Å². The third-order valence-electron chi connectivity index (χ3n) is 2.60. The summed E-state index contributed by atoms with van der Waals surface area (Å²) in [5.41, 5.74) is 1.04. The van der Waals surface area contributed by atoms with Gasteiger partial charge >= 0.3 is 5.97 Å². The number of aryl methyl sites for hydroxylation is 2. The van der Waals surface area contributed by atoms with Crippen LogP contribution in [0.1, 0.15) is 26.5 Å². The maximum atomic E-state index is 11.9. The van der Waals surface area contributed by atoms with Crippen molar-refractivity contribution in [1.82, 2.24) is 5.32 Å². The third kappa shape index (κ3) is 3.82. The van der Waals surface area contributed by atoms with E-state index in [0.29, 0.717) is 11.5 Å². The van der Waals surface area contributed by atoms with E-state index in [0.717, 1.165) is 10.4 Å². The number of rotatable bonds is 6. The number of ether oxygens (including phenoxy) is 1. The molecule has 1 atom stereocenters. The molecule has 0 aromatic carbocycles. The maximum Gasteiger partial charge on any atom is 0.326 e. The topological polar surface area (TPSA) is 75.6 Å². The first kappa shape index (κ1) is 14.7. The molecule has 0 aliphatic rings. The highest BCUT2D eigenvalue weighted by Crippen LogP contribution is 2.20. The Labute approximate surface area is 110 Å². The maximum absolute atomic E-state index is 11.9. The van der Waals surface area contributed by atoms with E-state index >= 15 is 0 Å². The van der Waals surface area contributed by atoms with E-state index in [9.17, 15) is 9.59 Å². The Morgan fingerprint density at radius 3 is 2.61 bits per heavy atom. The van der Waals surface area contributed by atoms with E-state index in [1.54, 1.807) is 6.07 Å². The summed E-state index contributed by atoms with van der Waals surface area (Å²) in [4.78, 5) is 24.5. The molecule has 0 spiro atoms. The van der Waals surface area contributed by atoms with Crippen molar-refractivity contribution in [2.75, 3.05) is 13.7 Å². The average molecular weight is 271 g/mol. The summed E-state index contributed by atoms with van der Waals surface area (Å²) in [7, 11) is 1.49. The number of methoxy groups -OCH3 is 1. The Hall–Kier alpha value is -1.40. The molecule has 0 aliphatic heterocycles. The second kappa shape index (κ2) is 6.51. The van der Waals surface area contributed by atoms with Crippen LogP contribution in [0.2, 0.25) is 0 Å². The monoisotopic (exact) mass is 271 g/mol. The molecule has 1 aromatic heterocycles. The standard InChI is InChI=1S/C12H17NO4S/c1-7-6-10(18-8(7)2)11(14)13-9(12(15)16)4-5-17-3/h6,9H,4-5H2,1-3H3,(H,13,14)(H,15,16). The van der Waals surface area contributed by atoms with Gasteiger partial charge in [-0.1, -0.05) is 0 Å². The highest BCUT2D eigenvalue weighted by atomic mass is 32.1. The summed E-state index contributed by atoms with van der Waals surface area (Å²) in [5.74, 6) is -1.40. The Morgan fingerprint density at radius 1 is 1.50 bits per heavy atom. The molecule has 1 rings (SSSR count). The molecule has 1 unspecified atom stereocenters. The number of carbonyl (C=O) groups excluding carboxylic acids is 1. The number of thiophene rings is 1. The summed E-state index contributed by atoms with van der Waals surface area (Å²) < 4.78 is 4.82. The van der Waals surface area contributed by atoms with Crippen molar-refractivity contribution in [2.24, 2.45) is 0 Å². The molecule has 1 amide bonds. The second-order valence-electron chi connectivity index (χ2n) is 4.00. The molecule has 0 aliphatic carbocycles. The van der Waals surface area contributed by atoms with Crippen LogP contribution in [0.4, 0.5) is 0 Å². The summed E-state index contributed by atoms with van der Waals surface area (Å²) in [6, 6.07) is 0.852. The fourth-order valence-corrected chi connectivity index (χ4v) is 2.34. The zero-order valence-corrected chi connectivity index (χ0v) is 11.5. The first-order chi connectivity index (χ1) is 8.45. The van der Waals surface area contributed by atoms with Crippen LogP contribution in [-0.4, -0.2) is 36.7 Å². The van der Waals surface area contributed by atoms with E-state index in [1.165, 1.54) is 18.4 Å². The van der Waals surface area contributed by atoms with Crippen LogP contribution in [0.5, 0.6) is 0 Å². The summed E-state index contributed by atoms with van der Waals surface area (Å²) >= 11 is 1.36. The van der Waals surface area contributed by atoms with Crippen LogP contribution in [0.15, 0.2) is 6.07 Å². The first-order valence-electron chi connectivity index (χ1n) is 5.55. The third-order valence-corrected chi connectivity index (χ3v) is 3.76. The molecule has 0 radical (unpaired) electrons. The quantitative estimate of drug-likeness (QED) is 0.823. The number of hydrogen-bond acceptors (Lipinski definition) is 4. The van der Waals surface area contributed by atoms with Crippen molar-refractivity contribution in [3.63, 3.8) is 0 Å². The lowest BCUT2D eigenvalue weighted by molar-refractivity contribution is -0.139. The lowest BCUT2D eigenvalue weighted by Gasteiger charge is -2.13. The molecule has 2 N–H and O–H groups in total. The minimum absolute atomic E-state index is 0.251. The molecule has 0 saturated carbocycles. The Bertz CT molecular complexity index is 422. The molecule has 0 saturated heterocycles. The normalized spacial score (nSPS) is 12.2. The van der Waals surface area contributed by atoms with Crippen molar-refractivity contribution in [3.05, 3.63) is 21.4 Å². The van der Waals surface area contributed by atoms with Gasteiger partial charge in [0.2, 0.25) is 0 Å². The molecular weight excluding hydrogens is 254 g/mol. The van der Waals surface area contributed by atoms with Gasteiger partial charge in [0.05, 0.1) is 4.88 Å². The van der Waals surface area contributed by atoms with E-state index in [1.807, 2.05) is 13.8 Å². The Kier molecular flexibility index (Phi) is 5.30. The van der Waals surface area contributed by atoms with Gasteiger partial charge in [0, 0.05) is 25.0 Å². The molecular formula is C12H17NO4S. The van der Waals surface area contributed by atoms with Crippen molar-refractivity contribution < 1.29 is 19.4 Å². The highest BCUT2D eigenvalue weighted by Gasteiger charge is 2.21. The molecule has 1 aromatic rings. The van der Waals surface area contributed by atoms with Crippen LogP contribution in [0.3, 0.4) is 0 Å². The predicted molar refractivity (Wildman–Crippen MR) is 69.2 cm³/mol. The van der Waals surface area contributed by atoms with Gasteiger partial charge in [0.15, 0.2) is 0 Å². The SMILES string of the molecule is COCCC(NC(=O)c1cc(C)c(C)s1)C(=O)O. The van der Waals surface area contributed by atoms with Gasteiger partial charge in [0.1, 0.15) is 6.04 Å².